The molecule has 12 nitrogen and oxygen atoms in total. The van der Waals surface area contributed by atoms with Crippen molar-refractivity contribution in [1.29, 1.82) is 0 Å². The van der Waals surface area contributed by atoms with Crippen molar-refractivity contribution >= 4 is 0 Å². The van der Waals surface area contributed by atoms with Crippen LogP contribution in [0.2, 0.25) is 0 Å². The van der Waals surface area contributed by atoms with Crippen LogP contribution < -0.4 is 20.9 Å². The fourth-order valence-corrected chi connectivity index (χ4v) is 4.91. The highest BCUT2D eigenvalue weighted by molar-refractivity contribution is 5.49. The van der Waals surface area contributed by atoms with Crippen molar-refractivity contribution in [3.05, 3.63) is 95.6 Å². The number of aliphatic hydroxyl groups is 1. The van der Waals surface area contributed by atoms with Gasteiger partial charge in [-0.15, -0.1) is 0 Å². The van der Waals surface area contributed by atoms with E-state index in [2.05, 4.69) is 0 Å². The predicted molar refractivity (Wildman–Crippen MR) is 181 cm³/mol. The Hall–Kier alpha value is -3.14. The lowest BCUT2D eigenvalue weighted by atomic mass is 9.80. The summed E-state index contributed by atoms with van der Waals surface area (Å²) in [5.41, 5.74) is 14.5. The lowest BCUT2D eigenvalue weighted by Crippen LogP contribution is -2.43. The molecule has 0 radical (unpaired) electrons. The van der Waals surface area contributed by atoms with Crippen molar-refractivity contribution in [3.8, 4) is 11.5 Å². The van der Waals surface area contributed by atoms with Crippen molar-refractivity contribution < 1.29 is 47.7 Å². The Labute approximate surface area is 284 Å². The minimum absolute atomic E-state index is 0.0118. The summed E-state index contributed by atoms with van der Waals surface area (Å²) in [6.07, 6.45) is -1.21. The van der Waals surface area contributed by atoms with E-state index in [0.29, 0.717) is 72.7 Å². The standard InChI is InChI=1S/C36H52N2O10/c1-40-32-12-8-30(9-13-32)36(29-6-4-3-5-7-29,31-10-14-33(41-2)15-11-31)48-35(38)28-34(37)47-27-26-46-25-24-45-23-22-44-21-20-43-19-18-42-17-16-39/h3-15,34-35,39H,16-28,37-38H2,1-2H3. The molecule has 2 unspecified atom stereocenters. The van der Waals surface area contributed by atoms with Crippen LogP contribution in [0.4, 0.5) is 0 Å². The van der Waals surface area contributed by atoms with Crippen molar-refractivity contribution in [2.24, 2.45) is 11.5 Å². The van der Waals surface area contributed by atoms with Gasteiger partial charge in [-0.25, -0.2) is 0 Å². The van der Waals surface area contributed by atoms with E-state index < -0.39 is 18.1 Å². The van der Waals surface area contributed by atoms with Gasteiger partial charge in [-0.2, -0.15) is 0 Å². The molecule has 0 spiro atoms. The molecule has 0 saturated carbocycles. The summed E-state index contributed by atoms with van der Waals surface area (Å²) < 4.78 is 50.5. The Kier molecular flexibility index (Phi) is 19.0. The zero-order valence-corrected chi connectivity index (χ0v) is 28.1. The molecule has 12 heteroatoms. The fraction of sp³-hybridized carbons (Fsp3) is 0.500. The van der Waals surface area contributed by atoms with E-state index in [9.17, 15) is 0 Å². The van der Waals surface area contributed by atoms with Crippen molar-refractivity contribution in [2.75, 3.05) is 93.5 Å². The van der Waals surface area contributed by atoms with E-state index in [-0.39, 0.29) is 13.0 Å². The number of ether oxygens (including phenoxy) is 9. The minimum Gasteiger partial charge on any atom is -0.497 e. The molecule has 3 rings (SSSR count). The first-order valence-corrected chi connectivity index (χ1v) is 16.2. The molecule has 0 heterocycles. The van der Waals surface area contributed by atoms with Crippen LogP contribution in [0.5, 0.6) is 11.5 Å². The quantitative estimate of drug-likeness (QED) is 0.0619. The van der Waals surface area contributed by atoms with E-state index >= 15 is 0 Å². The molecule has 0 aliphatic carbocycles. The molecule has 0 fully saturated rings. The average molecular weight is 673 g/mol. The number of aliphatic hydroxyl groups excluding tert-OH is 1. The normalized spacial score (nSPS) is 12.9. The minimum atomic E-state index is -1.06. The Bertz CT molecular complexity index is 1170. The maximum Gasteiger partial charge on any atom is 0.145 e. The molecule has 0 aliphatic rings. The lowest BCUT2D eigenvalue weighted by Gasteiger charge is -2.38. The van der Waals surface area contributed by atoms with E-state index in [1.165, 1.54) is 0 Å². The number of rotatable bonds is 27. The van der Waals surface area contributed by atoms with Crippen LogP contribution in [-0.4, -0.2) is 111 Å². The molecule has 2 atom stereocenters. The highest BCUT2D eigenvalue weighted by Crippen LogP contribution is 2.42. The van der Waals surface area contributed by atoms with Crippen molar-refractivity contribution in [1.82, 2.24) is 0 Å². The van der Waals surface area contributed by atoms with Crippen LogP contribution in [0.3, 0.4) is 0 Å². The lowest BCUT2D eigenvalue weighted by molar-refractivity contribution is -0.0785. The van der Waals surface area contributed by atoms with Gasteiger partial charge in [0.15, 0.2) is 0 Å². The molecule has 48 heavy (non-hydrogen) atoms. The van der Waals surface area contributed by atoms with Gasteiger partial charge in [-0.05, 0) is 41.0 Å². The molecular weight excluding hydrogens is 620 g/mol. The first kappa shape index (κ1) is 39.3. The summed E-state index contributed by atoms with van der Waals surface area (Å²) >= 11 is 0. The number of hydrogen-bond donors (Lipinski definition) is 3. The molecule has 3 aromatic carbocycles. The molecule has 0 saturated heterocycles. The van der Waals surface area contributed by atoms with Crippen LogP contribution in [-0.2, 0) is 38.8 Å². The van der Waals surface area contributed by atoms with Gasteiger partial charge in [0.25, 0.3) is 0 Å². The molecule has 0 amide bonds. The summed E-state index contributed by atoms with van der Waals surface area (Å²) in [7, 11) is 3.27. The third-order valence-electron chi connectivity index (χ3n) is 7.25. The second-order valence-corrected chi connectivity index (χ2v) is 10.6. The maximum atomic E-state index is 8.63. The van der Waals surface area contributed by atoms with Gasteiger partial charge >= 0.3 is 0 Å². The molecule has 0 bridgehead atoms. The largest absolute Gasteiger partial charge is 0.497 e. The summed E-state index contributed by atoms with van der Waals surface area (Å²) in [5, 5.41) is 8.63. The Balaban J connectivity index is 1.44. The van der Waals surface area contributed by atoms with Crippen LogP contribution in [0, 0.1) is 0 Å². The van der Waals surface area contributed by atoms with Crippen LogP contribution in [0.25, 0.3) is 0 Å². The second kappa shape index (κ2) is 23.3. The Morgan fingerprint density at radius 2 is 0.917 bits per heavy atom. The predicted octanol–water partition coefficient (Wildman–Crippen LogP) is 3.06. The maximum absolute atomic E-state index is 8.63. The number of hydrogen-bond acceptors (Lipinski definition) is 12. The van der Waals surface area contributed by atoms with Gasteiger partial charge in [0, 0.05) is 6.42 Å². The molecular formula is C36H52N2O10. The zero-order chi connectivity index (χ0) is 34.3. The summed E-state index contributed by atoms with van der Waals surface area (Å²) in [6, 6.07) is 25.4. The van der Waals surface area contributed by atoms with Crippen LogP contribution in [0.1, 0.15) is 23.1 Å². The highest BCUT2D eigenvalue weighted by atomic mass is 16.6. The van der Waals surface area contributed by atoms with Gasteiger partial charge in [-0.1, -0.05) is 54.6 Å². The van der Waals surface area contributed by atoms with Crippen LogP contribution >= 0.6 is 0 Å². The molecule has 5 N–H and O–H groups in total. The topological polar surface area (TPSA) is 155 Å². The van der Waals surface area contributed by atoms with Gasteiger partial charge in [0.2, 0.25) is 0 Å². The first-order chi connectivity index (χ1) is 23.5. The number of nitrogens with two attached hydrogens (primary N) is 2. The summed E-state index contributed by atoms with van der Waals surface area (Å²) in [4.78, 5) is 0. The molecule has 3 aromatic rings. The monoisotopic (exact) mass is 672 g/mol. The molecule has 266 valence electrons. The van der Waals surface area contributed by atoms with E-state index in [1.54, 1.807) is 14.2 Å². The highest BCUT2D eigenvalue weighted by Gasteiger charge is 2.40. The SMILES string of the molecule is COc1ccc(C(OC(N)CC(N)OCCOCCOCCOCCOCCOCCO)(c2ccccc2)c2ccc(OC)cc2)cc1. The third kappa shape index (κ3) is 13.4. The van der Waals surface area contributed by atoms with Gasteiger partial charge in [-0.3, -0.25) is 0 Å². The van der Waals surface area contributed by atoms with E-state index in [4.69, 9.17) is 59.2 Å². The van der Waals surface area contributed by atoms with E-state index in [0.717, 1.165) is 28.2 Å². The Morgan fingerprint density at radius 1 is 0.521 bits per heavy atom. The molecule has 0 aliphatic heterocycles. The van der Waals surface area contributed by atoms with E-state index in [1.807, 2.05) is 78.9 Å². The average Bonchev–Trinajstić information content (AvgIpc) is 3.12. The Morgan fingerprint density at radius 3 is 1.33 bits per heavy atom. The van der Waals surface area contributed by atoms with Crippen LogP contribution in [0.15, 0.2) is 78.9 Å². The number of methoxy groups -OCH3 is 2. The third-order valence-corrected chi connectivity index (χ3v) is 7.25. The molecule has 0 aromatic heterocycles. The smallest absolute Gasteiger partial charge is 0.145 e. The summed E-state index contributed by atoms with van der Waals surface area (Å²) in [6.45, 7) is 4.63. The second-order valence-electron chi connectivity index (χ2n) is 10.6. The van der Waals surface area contributed by atoms with Gasteiger partial charge < -0.3 is 59.2 Å². The number of benzene rings is 3. The van der Waals surface area contributed by atoms with Gasteiger partial charge in [0.1, 0.15) is 29.6 Å². The van der Waals surface area contributed by atoms with Gasteiger partial charge in [0.05, 0.1) is 93.5 Å². The van der Waals surface area contributed by atoms with Crippen molar-refractivity contribution in [2.45, 2.75) is 24.5 Å². The zero-order valence-electron chi connectivity index (χ0n) is 28.1. The van der Waals surface area contributed by atoms with Crippen molar-refractivity contribution in [3.63, 3.8) is 0 Å². The summed E-state index contributed by atoms with van der Waals surface area (Å²) in [5.74, 6) is 1.46. The fourth-order valence-electron chi connectivity index (χ4n) is 4.91. The first-order valence-electron chi connectivity index (χ1n) is 16.2.